The van der Waals surface area contributed by atoms with Crippen molar-refractivity contribution in [3.63, 3.8) is 0 Å². The van der Waals surface area contributed by atoms with Crippen molar-refractivity contribution in [3.05, 3.63) is 0 Å². The van der Waals surface area contributed by atoms with Crippen LogP contribution in [-0.2, 0) is 16.5 Å². The third-order valence-corrected chi connectivity index (χ3v) is 17.1. The van der Waals surface area contributed by atoms with Crippen LogP contribution in [-0.4, -0.2) is 36.4 Å². The molecule has 0 aromatic rings. The summed E-state index contributed by atoms with van der Waals surface area (Å²) in [7, 11) is -6.60. The number of hydrogen-bond donors (Lipinski definition) is 0. The van der Waals surface area contributed by atoms with Crippen LogP contribution in [0, 0.1) is 0 Å². The van der Waals surface area contributed by atoms with Gasteiger partial charge in [0.15, 0.2) is 0 Å². The first-order valence-electron chi connectivity index (χ1n) is 7.12. The molecule has 18 heavy (non-hydrogen) atoms. The topological polar surface area (TPSA) is 36.9 Å². The molecule has 0 aliphatic carbocycles. The summed E-state index contributed by atoms with van der Waals surface area (Å²) in [6.07, 6.45) is 5.07. The first kappa shape index (κ1) is 16.8. The Balaban J connectivity index is 2.49. The molecule has 0 spiro atoms. The Morgan fingerprint density at radius 2 is 1.39 bits per heavy atom. The second-order valence-corrected chi connectivity index (χ2v) is 15.4. The van der Waals surface area contributed by atoms with E-state index < -0.39 is 36.4 Å². The van der Waals surface area contributed by atoms with Crippen molar-refractivity contribution in [2.45, 2.75) is 64.8 Å². The molecule has 4 nitrogen and oxygen atoms in total. The van der Waals surface area contributed by atoms with Crippen LogP contribution >= 0.6 is 0 Å². The Morgan fingerprint density at radius 1 is 0.833 bits per heavy atom. The molecule has 2 atom stereocenters. The smallest absolute Gasteiger partial charge is 0.316 e. The van der Waals surface area contributed by atoms with Gasteiger partial charge in [-0.2, -0.15) is 0 Å². The van der Waals surface area contributed by atoms with Gasteiger partial charge in [-0.25, -0.2) is 0 Å². The molecule has 1 fully saturated rings. The standard InChI is InChI=1S/C10H28O4Si4/c1-6-7-8-9-10-18(5)13-16(3)11-15(2)12-17(4)14-18/h15-17H,6-10H2,1-5H3. The summed E-state index contributed by atoms with van der Waals surface area (Å²) in [6, 6.07) is 1.09. The van der Waals surface area contributed by atoms with Gasteiger partial charge < -0.3 is 16.5 Å². The van der Waals surface area contributed by atoms with Crippen LogP contribution in [0.3, 0.4) is 0 Å². The minimum atomic E-state index is -2.03. The zero-order chi connectivity index (χ0) is 13.6. The second-order valence-electron chi connectivity index (χ2n) is 5.16. The normalized spacial score (nSPS) is 38.2. The largest absolute Gasteiger partial charge is 0.420 e. The van der Waals surface area contributed by atoms with Crippen molar-refractivity contribution in [1.29, 1.82) is 0 Å². The molecule has 0 bridgehead atoms. The van der Waals surface area contributed by atoms with Gasteiger partial charge in [0.2, 0.25) is 0 Å². The Hall–Kier alpha value is 0.708. The molecule has 1 heterocycles. The van der Waals surface area contributed by atoms with Gasteiger partial charge in [-0.05, 0) is 32.2 Å². The van der Waals surface area contributed by atoms with E-state index in [2.05, 4.69) is 33.1 Å². The maximum atomic E-state index is 6.22. The SMILES string of the molecule is CCCCCC[Si]1(C)O[SiH](C)O[SiH](C)O[SiH](C)O1. The lowest BCUT2D eigenvalue weighted by molar-refractivity contribution is 0.273. The van der Waals surface area contributed by atoms with E-state index in [4.69, 9.17) is 16.5 Å². The van der Waals surface area contributed by atoms with Crippen LogP contribution in [0.5, 0.6) is 0 Å². The Labute approximate surface area is 118 Å². The van der Waals surface area contributed by atoms with E-state index in [1.807, 2.05) is 0 Å². The van der Waals surface area contributed by atoms with Crippen molar-refractivity contribution in [3.8, 4) is 0 Å². The highest BCUT2D eigenvalue weighted by Crippen LogP contribution is 2.23. The van der Waals surface area contributed by atoms with Crippen LogP contribution in [0.15, 0.2) is 0 Å². The van der Waals surface area contributed by atoms with E-state index >= 15 is 0 Å². The minimum Gasteiger partial charge on any atom is -0.420 e. The average Bonchev–Trinajstić information content (AvgIpc) is 2.21. The van der Waals surface area contributed by atoms with Crippen molar-refractivity contribution in [2.24, 2.45) is 0 Å². The highest BCUT2D eigenvalue weighted by atomic mass is 28.5. The molecule has 0 radical (unpaired) electrons. The molecule has 0 amide bonds. The summed E-state index contributed by atoms with van der Waals surface area (Å²) in [6.45, 7) is 10.7. The molecule has 1 aliphatic heterocycles. The summed E-state index contributed by atoms with van der Waals surface area (Å²) in [5.74, 6) is 0. The molecule has 1 aliphatic rings. The highest BCUT2D eigenvalue weighted by molar-refractivity contribution is 6.81. The van der Waals surface area contributed by atoms with E-state index in [-0.39, 0.29) is 0 Å². The third-order valence-electron chi connectivity index (χ3n) is 3.08. The fourth-order valence-corrected chi connectivity index (χ4v) is 17.1. The van der Waals surface area contributed by atoms with E-state index in [1.165, 1.54) is 25.7 Å². The van der Waals surface area contributed by atoms with Crippen molar-refractivity contribution in [2.75, 3.05) is 0 Å². The van der Waals surface area contributed by atoms with Crippen molar-refractivity contribution < 1.29 is 16.5 Å². The van der Waals surface area contributed by atoms with E-state index in [0.717, 1.165) is 6.04 Å². The predicted octanol–water partition coefficient (Wildman–Crippen LogP) is 2.27. The highest BCUT2D eigenvalue weighted by Gasteiger charge is 2.38. The van der Waals surface area contributed by atoms with Gasteiger partial charge in [0, 0.05) is 0 Å². The Kier molecular flexibility index (Phi) is 7.54. The summed E-state index contributed by atoms with van der Waals surface area (Å²) in [4.78, 5) is 0. The second kappa shape index (κ2) is 8.10. The Bertz CT molecular complexity index is 230. The molecule has 0 aromatic heterocycles. The van der Waals surface area contributed by atoms with Crippen LogP contribution in [0.2, 0.25) is 32.2 Å². The molecule has 0 saturated carbocycles. The zero-order valence-corrected chi connectivity index (χ0v) is 16.9. The molecule has 108 valence electrons. The monoisotopic (exact) mass is 324 g/mol. The summed E-state index contributed by atoms with van der Waals surface area (Å²) in [5, 5.41) is 0. The quantitative estimate of drug-likeness (QED) is 0.574. The molecule has 8 heteroatoms. The molecule has 0 N–H and O–H groups in total. The fourth-order valence-electron chi connectivity index (χ4n) is 2.35. The maximum absolute atomic E-state index is 6.22. The summed E-state index contributed by atoms with van der Waals surface area (Å²) >= 11 is 0. The van der Waals surface area contributed by atoms with E-state index in [9.17, 15) is 0 Å². The van der Waals surface area contributed by atoms with Gasteiger partial charge in [-0.1, -0.05) is 32.6 Å². The fraction of sp³-hybridized carbons (Fsp3) is 1.00. The molecular formula is C10H28O4Si4. The van der Waals surface area contributed by atoms with E-state index in [0.29, 0.717) is 0 Å². The number of unbranched alkanes of at least 4 members (excludes halogenated alkanes) is 3. The van der Waals surface area contributed by atoms with E-state index in [1.54, 1.807) is 0 Å². The van der Waals surface area contributed by atoms with Crippen LogP contribution < -0.4 is 0 Å². The zero-order valence-electron chi connectivity index (χ0n) is 12.4. The van der Waals surface area contributed by atoms with Gasteiger partial charge in [0.1, 0.15) is 0 Å². The van der Waals surface area contributed by atoms with Crippen LogP contribution in [0.1, 0.15) is 32.6 Å². The third kappa shape index (κ3) is 6.24. The molecule has 1 rings (SSSR count). The average molecular weight is 325 g/mol. The van der Waals surface area contributed by atoms with Gasteiger partial charge in [-0.15, -0.1) is 0 Å². The van der Waals surface area contributed by atoms with Crippen molar-refractivity contribution in [1.82, 2.24) is 0 Å². The molecule has 1 saturated heterocycles. The molecular weight excluding hydrogens is 296 g/mol. The van der Waals surface area contributed by atoms with Gasteiger partial charge >= 0.3 is 8.56 Å². The first-order valence-corrected chi connectivity index (χ1v) is 15.9. The van der Waals surface area contributed by atoms with Crippen LogP contribution in [0.25, 0.3) is 0 Å². The first-order chi connectivity index (χ1) is 8.45. The Morgan fingerprint density at radius 3 is 1.89 bits per heavy atom. The maximum Gasteiger partial charge on any atom is 0.316 e. The molecule has 0 aromatic carbocycles. The van der Waals surface area contributed by atoms with Gasteiger partial charge in [-0.3, -0.25) is 0 Å². The summed E-state index contributed by atoms with van der Waals surface area (Å²) < 4.78 is 24.3. The van der Waals surface area contributed by atoms with Crippen LogP contribution in [0.4, 0.5) is 0 Å². The van der Waals surface area contributed by atoms with Crippen molar-refractivity contribution >= 4 is 36.4 Å². The van der Waals surface area contributed by atoms with Gasteiger partial charge in [0.25, 0.3) is 27.9 Å². The minimum absolute atomic E-state index is 1.09. The number of rotatable bonds is 5. The lowest BCUT2D eigenvalue weighted by Crippen LogP contribution is -2.52. The predicted molar refractivity (Wildman–Crippen MR) is 83.9 cm³/mol. The molecule has 2 unspecified atom stereocenters. The summed E-state index contributed by atoms with van der Waals surface area (Å²) in [5.41, 5.74) is 0. The lowest BCUT2D eigenvalue weighted by Gasteiger charge is -2.37. The lowest BCUT2D eigenvalue weighted by atomic mass is 10.2. The number of hydrogen-bond acceptors (Lipinski definition) is 4. The van der Waals surface area contributed by atoms with Gasteiger partial charge in [0.05, 0.1) is 0 Å².